The Morgan fingerprint density at radius 3 is 2.31 bits per heavy atom. The lowest BCUT2D eigenvalue weighted by molar-refractivity contribution is -0.130. The number of hydrogen-bond acceptors (Lipinski definition) is 4. The highest BCUT2D eigenvalue weighted by atomic mass is 32.2. The summed E-state index contributed by atoms with van der Waals surface area (Å²) in [5, 5.41) is 0. The van der Waals surface area contributed by atoms with Gasteiger partial charge >= 0.3 is 0 Å². The van der Waals surface area contributed by atoms with Crippen molar-refractivity contribution in [3.63, 3.8) is 0 Å². The monoisotopic (exact) mass is 208 g/mol. The molecular weight excluding hydrogens is 192 g/mol. The number of hydrogen-bond donors (Lipinski definition) is 1. The highest BCUT2D eigenvalue weighted by molar-refractivity contribution is 7.90. The van der Waals surface area contributed by atoms with E-state index in [-0.39, 0.29) is 18.2 Å². The minimum atomic E-state index is -3.01. The lowest BCUT2D eigenvalue weighted by Gasteiger charge is -2.18. The van der Waals surface area contributed by atoms with Gasteiger partial charge in [0.05, 0.1) is 11.8 Å². The van der Waals surface area contributed by atoms with Crippen molar-refractivity contribution in [2.45, 2.75) is 13.0 Å². The Hall–Kier alpha value is -0.620. The fraction of sp³-hybridized carbons (Fsp3) is 0.857. The average molecular weight is 208 g/mol. The van der Waals surface area contributed by atoms with Crippen molar-refractivity contribution in [1.82, 2.24) is 4.90 Å². The van der Waals surface area contributed by atoms with Crippen molar-refractivity contribution in [1.29, 1.82) is 0 Å². The second-order valence-electron chi connectivity index (χ2n) is 3.18. The molecule has 0 aliphatic heterocycles. The fourth-order valence-corrected chi connectivity index (χ4v) is 1.37. The van der Waals surface area contributed by atoms with Crippen LogP contribution in [0.3, 0.4) is 0 Å². The van der Waals surface area contributed by atoms with Gasteiger partial charge in [0.2, 0.25) is 5.91 Å². The highest BCUT2D eigenvalue weighted by Crippen LogP contribution is 1.91. The molecule has 78 valence electrons. The summed E-state index contributed by atoms with van der Waals surface area (Å²) >= 11 is 0. The van der Waals surface area contributed by atoms with Crippen molar-refractivity contribution in [3.8, 4) is 0 Å². The molecule has 0 rings (SSSR count). The number of rotatable bonds is 4. The standard InChI is InChI=1S/C7H16N2O3S/c1-6(8)7(10)9(2)4-5-13(3,11)12/h6H,4-5,8H2,1-3H3/t6-/m1/s1. The SMILES string of the molecule is C[C@@H](N)C(=O)N(C)CCS(C)(=O)=O. The number of sulfone groups is 1. The van der Waals surface area contributed by atoms with Gasteiger partial charge in [-0.15, -0.1) is 0 Å². The minimum Gasteiger partial charge on any atom is -0.343 e. The molecule has 1 amide bonds. The molecule has 0 saturated heterocycles. The molecule has 0 unspecified atom stereocenters. The lowest BCUT2D eigenvalue weighted by atomic mass is 10.3. The number of carbonyl (C=O) groups is 1. The first-order chi connectivity index (χ1) is 5.74. The Labute approximate surface area is 78.8 Å². The van der Waals surface area contributed by atoms with Crippen molar-refractivity contribution < 1.29 is 13.2 Å². The third-order valence-electron chi connectivity index (χ3n) is 1.56. The van der Waals surface area contributed by atoms with Crippen LogP contribution in [0.15, 0.2) is 0 Å². The van der Waals surface area contributed by atoms with E-state index in [0.29, 0.717) is 0 Å². The molecule has 0 aliphatic carbocycles. The molecule has 0 aromatic heterocycles. The van der Waals surface area contributed by atoms with Crippen LogP contribution >= 0.6 is 0 Å². The number of nitrogens with two attached hydrogens (primary N) is 1. The maximum Gasteiger partial charge on any atom is 0.238 e. The number of carbonyl (C=O) groups excluding carboxylic acids is 1. The third kappa shape index (κ3) is 5.59. The van der Waals surface area contributed by atoms with Crippen molar-refractivity contribution in [3.05, 3.63) is 0 Å². The van der Waals surface area contributed by atoms with Crippen molar-refractivity contribution >= 4 is 15.7 Å². The molecule has 2 N–H and O–H groups in total. The van der Waals surface area contributed by atoms with Crippen LogP contribution in [0, 0.1) is 0 Å². The van der Waals surface area contributed by atoms with Gasteiger partial charge in [-0.1, -0.05) is 0 Å². The van der Waals surface area contributed by atoms with Crippen molar-refractivity contribution in [2.75, 3.05) is 25.6 Å². The zero-order valence-corrected chi connectivity index (χ0v) is 8.97. The van der Waals surface area contributed by atoms with E-state index in [1.54, 1.807) is 6.92 Å². The molecule has 0 heterocycles. The van der Waals surface area contributed by atoms with Crippen LogP contribution < -0.4 is 5.73 Å². The Kier molecular flexibility index (Phi) is 4.35. The molecule has 0 saturated carbocycles. The molecule has 0 radical (unpaired) electrons. The van der Waals surface area contributed by atoms with E-state index in [9.17, 15) is 13.2 Å². The second-order valence-corrected chi connectivity index (χ2v) is 5.44. The minimum absolute atomic E-state index is 0.0258. The van der Waals surface area contributed by atoms with Gasteiger partial charge in [-0.2, -0.15) is 0 Å². The number of nitrogens with zero attached hydrogens (tertiary/aromatic N) is 1. The summed E-state index contributed by atoms with van der Waals surface area (Å²) in [5.41, 5.74) is 5.34. The van der Waals surface area contributed by atoms with E-state index in [1.165, 1.54) is 11.9 Å². The molecule has 0 aromatic rings. The molecule has 13 heavy (non-hydrogen) atoms. The summed E-state index contributed by atoms with van der Waals surface area (Å²) in [6.45, 7) is 1.76. The summed E-state index contributed by atoms with van der Waals surface area (Å²) in [6, 6.07) is -0.579. The molecule has 0 aromatic carbocycles. The van der Waals surface area contributed by atoms with Gasteiger partial charge in [-0.3, -0.25) is 4.79 Å². The molecule has 5 nitrogen and oxygen atoms in total. The van der Waals surface area contributed by atoms with Gasteiger partial charge in [0.15, 0.2) is 0 Å². The Morgan fingerprint density at radius 2 is 2.00 bits per heavy atom. The van der Waals surface area contributed by atoms with E-state index in [0.717, 1.165) is 6.26 Å². The Morgan fingerprint density at radius 1 is 1.54 bits per heavy atom. The fourth-order valence-electron chi connectivity index (χ4n) is 0.761. The zero-order valence-electron chi connectivity index (χ0n) is 8.15. The van der Waals surface area contributed by atoms with Gasteiger partial charge in [0.25, 0.3) is 0 Å². The van der Waals surface area contributed by atoms with Crippen LogP contribution in [-0.2, 0) is 14.6 Å². The van der Waals surface area contributed by atoms with Crippen LogP contribution in [0.1, 0.15) is 6.92 Å². The van der Waals surface area contributed by atoms with E-state index in [1.807, 2.05) is 0 Å². The van der Waals surface area contributed by atoms with Gasteiger partial charge in [0.1, 0.15) is 9.84 Å². The molecule has 1 atom stereocenters. The summed E-state index contributed by atoms with van der Waals surface area (Å²) in [6.07, 6.45) is 1.14. The van der Waals surface area contributed by atoms with Crippen LogP contribution in [0.5, 0.6) is 0 Å². The quantitative estimate of drug-likeness (QED) is 0.631. The van der Waals surface area contributed by atoms with E-state index < -0.39 is 15.9 Å². The lowest BCUT2D eigenvalue weighted by Crippen LogP contribution is -2.41. The van der Waals surface area contributed by atoms with E-state index in [2.05, 4.69) is 0 Å². The predicted molar refractivity (Wildman–Crippen MR) is 51.0 cm³/mol. The van der Waals surface area contributed by atoms with E-state index in [4.69, 9.17) is 5.73 Å². The van der Waals surface area contributed by atoms with Crippen LogP contribution in [0.25, 0.3) is 0 Å². The first-order valence-corrected chi connectivity index (χ1v) is 5.98. The smallest absolute Gasteiger partial charge is 0.238 e. The van der Waals surface area contributed by atoms with Crippen LogP contribution in [0.2, 0.25) is 0 Å². The summed E-state index contributed by atoms with van der Waals surface area (Å²) in [7, 11) is -1.47. The molecule has 6 heteroatoms. The molecule has 0 bridgehead atoms. The maximum absolute atomic E-state index is 11.2. The zero-order chi connectivity index (χ0) is 10.6. The second kappa shape index (κ2) is 4.57. The highest BCUT2D eigenvalue weighted by Gasteiger charge is 2.14. The summed E-state index contributed by atoms with van der Waals surface area (Å²) < 4.78 is 21.5. The van der Waals surface area contributed by atoms with E-state index >= 15 is 0 Å². The first kappa shape index (κ1) is 12.4. The average Bonchev–Trinajstić information content (AvgIpc) is 1.97. The first-order valence-electron chi connectivity index (χ1n) is 3.92. The Bertz CT molecular complexity index is 271. The Balaban J connectivity index is 4.03. The molecule has 0 fully saturated rings. The molecule has 0 aliphatic rings. The number of amides is 1. The predicted octanol–water partition coefficient (Wildman–Crippen LogP) is -1.16. The maximum atomic E-state index is 11.2. The topological polar surface area (TPSA) is 80.5 Å². The van der Waals surface area contributed by atoms with Gasteiger partial charge in [0, 0.05) is 19.8 Å². The summed E-state index contributed by atoms with van der Waals surface area (Å²) in [5.74, 6) is -0.272. The van der Waals surface area contributed by atoms with Gasteiger partial charge < -0.3 is 10.6 Å². The largest absolute Gasteiger partial charge is 0.343 e. The summed E-state index contributed by atoms with van der Waals surface area (Å²) in [4.78, 5) is 12.5. The van der Waals surface area contributed by atoms with Crippen LogP contribution in [0.4, 0.5) is 0 Å². The molecule has 0 spiro atoms. The normalized spacial score (nSPS) is 13.8. The third-order valence-corrected chi connectivity index (χ3v) is 2.49. The van der Waals surface area contributed by atoms with Crippen molar-refractivity contribution in [2.24, 2.45) is 5.73 Å². The van der Waals surface area contributed by atoms with Gasteiger partial charge in [-0.05, 0) is 6.92 Å². The van der Waals surface area contributed by atoms with Gasteiger partial charge in [-0.25, -0.2) is 8.42 Å². The number of likely N-dealkylation sites (N-methyl/N-ethyl adjacent to an activating group) is 1. The molecular formula is C7H16N2O3S. The van der Waals surface area contributed by atoms with Crippen LogP contribution in [-0.4, -0.2) is 50.9 Å².